The Morgan fingerprint density at radius 2 is 1.96 bits per heavy atom. The first-order chi connectivity index (χ1) is 11.8. The quantitative estimate of drug-likeness (QED) is 0.395. The Balaban J connectivity index is 2.10. The summed E-state index contributed by atoms with van der Waals surface area (Å²) in [5, 5.41) is 30.5. The highest BCUT2D eigenvalue weighted by Gasteiger charge is 2.25. The molecule has 1 aromatic carbocycles. The normalized spacial score (nSPS) is 13.3. The van der Waals surface area contributed by atoms with Gasteiger partial charge in [-0.1, -0.05) is 0 Å². The number of carbonyl (C=O) groups excluding carboxylic acids is 1. The number of rotatable bonds is 8. The highest BCUT2D eigenvalue weighted by Crippen LogP contribution is 2.24. The summed E-state index contributed by atoms with van der Waals surface area (Å²) < 4.78 is 0. The van der Waals surface area contributed by atoms with E-state index in [2.05, 4.69) is 10.3 Å². The van der Waals surface area contributed by atoms with Gasteiger partial charge in [0.05, 0.1) is 6.04 Å². The lowest BCUT2D eigenvalue weighted by Crippen LogP contribution is -2.49. The molecule has 1 heterocycles. The molecule has 2 aromatic rings. The first-order valence-corrected chi connectivity index (χ1v) is 7.57. The molecule has 0 saturated carbocycles. The molecule has 2 atom stereocenters. The SMILES string of the molecule is NC(CCC(=O)O)C(=O)NC(Cc1c[nH]c2ccc(O)cc12)C(=O)O. The first-order valence-electron chi connectivity index (χ1n) is 7.57. The van der Waals surface area contributed by atoms with Gasteiger partial charge in [-0.2, -0.15) is 0 Å². The highest BCUT2D eigenvalue weighted by molar-refractivity contribution is 5.89. The maximum Gasteiger partial charge on any atom is 0.326 e. The monoisotopic (exact) mass is 349 g/mol. The zero-order valence-electron chi connectivity index (χ0n) is 13.2. The second-order valence-corrected chi connectivity index (χ2v) is 5.69. The fraction of sp³-hybridized carbons (Fsp3) is 0.312. The molecule has 1 aromatic heterocycles. The van der Waals surface area contributed by atoms with Crippen molar-refractivity contribution in [2.75, 3.05) is 0 Å². The van der Waals surface area contributed by atoms with Gasteiger partial charge in [0.1, 0.15) is 11.8 Å². The number of aliphatic carboxylic acids is 2. The van der Waals surface area contributed by atoms with Crippen molar-refractivity contribution in [3.8, 4) is 5.75 Å². The van der Waals surface area contributed by atoms with E-state index < -0.39 is 29.9 Å². The van der Waals surface area contributed by atoms with Crippen LogP contribution in [0, 0.1) is 0 Å². The van der Waals surface area contributed by atoms with Crippen LogP contribution in [0.25, 0.3) is 10.9 Å². The Hall–Kier alpha value is -3.07. The molecule has 9 nitrogen and oxygen atoms in total. The summed E-state index contributed by atoms with van der Waals surface area (Å²) in [5.41, 5.74) is 6.92. The van der Waals surface area contributed by atoms with Gasteiger partial charge in [-0.25, -0.2) is 4.79 Å². The zero-order valence-corrected chi connectivity index (χ0v) is 13.2. The van der Waals surface area contributed by atoms with Crippen molar-refractivity contribution >= 4 is 28.7 Å². The van der Waals surface area contributed by atoms with E-state index in [1.807, 2.05) is 0 Å². The van der Waals surface area contributed by atoms with Crippen molar-refractivity contribution in [2.45, 2.75) is 31.3 Å². The summed E-state index contributed by atoms with van der Waals surface area (Å²) in [4.78, 5) is 36.9. The summed E-state index contributed by atoms with van der Waals surface area (Å²) in [7, 11) is 0. The Kier molecular flexibility index (Phi) is 5.60. The van der Waals surface area contributed by atoms with E-state index in [1.54, 1.807) is 12.3 Å². The molecule has 0 spiro atoms. The molecule has 0 saturated heterocycles. The van der Waals surface area contributed by atoms with Crippen LogP contribution < -0.4 is 11.1 Å². The number of amides is 1. The molecule has 0 bridgehead atoms. The fourth-order valence-corrected chi connectivity index (χ4v) is 2.44. The number of carbonyl (C=O) groups is 3. The lowest BCUT2D eigenvalue weighted by atomic mass is 10.0. The third-order valence-corrected chi connectivity index (χ3v) is 3.80. The molecule has 0 aliphatic rings. The van der Waals surface area contributed by atoms with Gasteiger partial charge >= 0.3 is 11.9 Å². The number of benzene rings is 1. The van der Waals surface area contributed by atoms with Crippen LogP contribution in [0.3, 0.4) is 0 Å². The topological polar surface area (TPSA) is 166 Å². The maximum absolute atomic E-state index is 12.0. The van der Waals surface area contributed by atoms with Crippen molar-refractivity contribution in [1.82, 2.24) is 10.3 Å². The van der Waals surface area contributed by atoms with E-state index in [1.165, 1.54) is 12.1 Å². The number of phenolic OH excluding ortho intramolecular Hbond substituents is 1. The molecule has 0 aliphatic heterocycles. The highest BCUT2D eigenvalue weighted by atomic mass is 16.4. The van der Waals surface area contributed by atoms with Crippen LogP contribution in [0.4, 0.5) is 0 Å². The Morgan fingerprint density at radius 3 is 2.60 bits per heavy atom. The first kappa shape index (κ1) is 18.3. The molecular formula is C16H19N3O6. The maximum atomic E-state index is 12.0. The smallest absolute Gasteiger partial charge is 0.326 e. The molecule has 9 heteroatoms. The minimum Gasteiger partial charge on any atom is -0.508 e. The average Bonchev–Trinajstić information content (AvgIpc) is 2.93. The Bertz CT molecular complexity index is 800. The summed E-state index contributed by atoms with van der Waals surface area (Å²) in [6.07, 6.45) is 1.22. The van der Waals surface area contributed by atoms with Crippen molar-refractivity contribution in [3.63, 3.8) is 0 Å². The van der Waals surface area contributed by atoms with E-state index in [0.29, 0.717) is 10.9 Å². The molecule has 1 amide bonds. The van der Waals surface area contributed by atoms with Gasteiger partial charge in [0.2, 0.25) is 5.91 Å². The van der Waals surface area contributed by atoms with Crippen LogP contribution in [-0.4, -0.2) is 50.2 Å². The third-order valence-electron chi connectivity index (χ3n) is 3.80. The average molecular weight is 349 g/mol. The second kappa shape index (κ2) is 7.67. The van der Waals surface area contributed by atoms with Gasteiger partial charge in [-0.15, -0.1) is 0 Å². The predicted molar refractivity (Wildman–Crippen MR) is 88.1 cm³/mol. The second-order valence-electron chi connectivity index (χ2n) is 5.69. The molecule has 25 heavy (non-hydrogen) atoms. The minimum absolute atomic E-state index is 0.0177. The van der Waals surface area contributed by atoms with Gasteiger partial charge in [-0.3, -0.25) is 9.59 Å². The Morgan fingerprint density at radius 1 is 1.24 bits per heavy atom. The number of fused-ring (bicyclic) bond motifs is 1. The zero-order chi connectivity index (χ0) is 18.6. The molecule has 0 aliphatic carbocycles. The van der Waals surface area contributed by atoms with E-state index in [-0.39, 0.29) is 25.0 Å². The lowest BCUT2D eigenvalue weighted by Gasteiger charge is -2.17. The lowest BCUT2D eigenvalue weighted by molar-refractivity contribution is -0.142. The van der Waals surface area contributed by atoms with Crippen molar-refractivity contribution in [2.24, 2.45) is 5.73 Å². The fourth-order valence-electron chi connectivity index (χ4n) is 2.44. The number of carboxylic acid groups (broad SMARTS) is 2. The van der Waals surface area contributed by atoms with Gasteiger partial charge in [0.15, 0.2) is 0 Å². The number of hydrogen-bond acceptors (Lipinski definition) is 5. The minimum atomic E-state index is -1.24. The number of H-pyrrole nitrogens is 1. The molecule has 0 fully saturated rings. The van der Waals surface area contributed by atoms with Gasteiger partial charge in [-0.05, 0) is 30.2 Å². The van der Waals surface area contributed by atoms with E-state index in [0.717, 1.165) is 5.52 Å². The number of nitrogens with two attached hydrogens (primary N) is 1. The van der Waals surface area contributed by atoms with Crippen molar-refractivity contribution < 1.29 is 29.7 Å². The van der Waals surface area contributed by atoms with Crippen molar-refractivity contribution in [1.29, 1.82) is 0 Å². The summed E-state index contributed by atoms with van der Waals surface area (Å²) in [6, 6.07) is 2.32. The Labute approximate surface area is 142 Å². The van der Waals surface area contributed by atoms with Gasteiger partial charge in [0, 0.05) is 29.9 Å². The number of aromatic nitrogens is 1. The number of hydrogen-bond donors (Lipinski definition) is 6. The largest absolute Gasteiger partial charge is 0.508 e. The predicted octanol–water partition coefficient (Wildman–Crippen LogP) is 0.178. The summed E-state index contributed by atoms with van der Waals surface area (Å²) in [6.45, 7) is 0. The number of carboxylic acids is 2. The number of aromatic hydroxyl groups is 1. The standard InChI is InChI=1S/C16H19N3O6/c17-11(2-4-14(21)22)15(23)19-13(16(24)25)5-8-7-18-12-3-1-9(20)6-10(8)12/h1,3,6-7,11,13,18,20H,2,4-5,17H2,(H,19,23)(H,21,22)(H,24,25). The number of nitrogens with one attached hydrogen (secondary N) is 2. The summed E-state index contributed by atoms with van der Waals surface area (Å²) >= 11 is 0. The molecule has 7 N–H and O–H groups in total. The molecular weight excluding hydrogens is 330 g/mol. The van der Waals surface area contributed by atoms with E-state index in [9.17, 15) is 24.6 Å². The molecule has 2 rings (SSSR count). The van der Waals surface area contributed by atoms with Crippen LogP contribution in [0.2, 0.25) is 0 Å². The van der Waals surface area contributed by atoms with Crippen LogP contribution in [0.5, 0.6) is 5.75 Å². The molecule has 2 unspecified atom stereocenters. The number of phenols is 1. The third kappa shape index (κ3) is 4.70. The number of aromatic amines is 1. The molecule has 134 valence electrons. The van der Waals surface area contributed by atoms with Gasteiger partial charge in [0.25, 0.3) is 0 Å². The van der Waals surface area contributed by atoms with Crippen LogP contribution in [-0.2, 0) is 20.8 Å². The van der Waals surface area contributed by atoms with Crippen LogP contribution in [0.1, 0.15) is 18.4 Å². The summed E-state index contributed by atoms with van der Waals surface area (Å²) in [5.74, 6) is -3.01. The molecule has 0 radical (unpaired) electrons. The van der Waals surface area contributed by atoms with Crippen LogP contribution >= 0.6 is 0 Å². The van der Waals surface area contributed by atoms with Gasteiger partial charge < -0.3 is 31.4 Å². The van der Waals surface area contributed by atoms with E-state index >= 15 is 0 Å². The van der Waals surface area contributed by atoms with E-state index in [4.69, 9.17) is 10.8 Å². The van der Waals surface area contributed by atoms with Crippen molar-refractivity contribution in [3.05, 3.63) is 30.0 Å². The van der Waals surface area contributed by atoms with Crippen LogP contribution in [0.15, 0.2) is 24.4 Å².